The summed E-state index contributed by atoms with van der Waals surface area (Å²) in [5.74, 6) is -1.16. The number of amides is 2. The summed E-state index contributed by atoms with van der Waals surface area (Å²) in [6.45, 7) is 1.99. The second kappa shape index (κ2) is 10.2. The maximum Gasteiger partial charge on any atom is 0.358 e. The average molecular weight is 455 g/mol. The highest BCUT2D eigenvalue weighted by Crippen LogP contribution is 2.18. The van der Waals surface area contributed by atoms with Crippen LogP contribution in [0.3, 0.4) is 0 Å². The molecule has 0 aliphatic carbocycles. The second-order valence-electron chi connectivity index (χ2n) is 7.15. The Kier molecular flexibility index (Phi) is 6.73. The van der Waals surface area contributed by atoms with Crippen molar-refractivity contribution in [1.82, 2.24) is 14.8 Å². The lowest BCUT2D eigenvalue weighted by molar-refractivity contribution is 0.0518. The summed E-state index contributed by atoms with van der Waals surface area (Å²) < 4.78 is 6.48. The molecule has 0 unspecified atom stereocenters. The van der Waals surface area contributed by atoms with E-state index in [4.69, 9.17) is 4.74 Å². The Morgan fingerprint density at radius 1 is 0.882 bits per heavy atom. The summed E-state index contributed by atoms with van der Waals surface area (Å²) in [4.78, 5) is 41.0. The molecule has 2 aromatic carbocycles. The molecule has 170 valence electrons. The minimum Gasteiger partial charge on any atom is -0.461 e. The molecule has 2 amide bonds. The number of aromatic nitrogens is 3. The van der Waals surface area contributed by atoms with Crippen molar-refractivity contribution < 1.29 is 19.1 Å². The summed E-state index contributed by atoms with van der Waals surface area (Å²) in [7, 11) is 0. The number of hydrogen-bond acceptors (Lipinski definition) is 6. The quantitative estimate of drug-likeness (QED) is 0.408. The zero-order valence-electron chi connectivity index (χ0n) is 18.3. The number of carbonyl (C=O) groups is 3. The molecule has 0 fully saturated rings. The van der Waals surface area contributed by atoms with Crippen LogP contribution in [0.25, 0.3) is 5.69 Å². The lowest BCUT2D eigenvalue weighted by Gasteiger charge is -2.10. The first-order valence-electron chi connectivity index (χ1n) is 10.5. The zero-order valence-corrected chi connectivity index (χ0v) is 18.3. The van der Waals surface area contributed by atoms with Gasteiger partial charge in [0.05, 0.1) is 17.9 Å². The Balaban J connectivity index is 1.46. The van der Waals surface area contributed by atoms with Gasteiger partial charge in [-0.25, -0.2) is 9.48 Å². The SMILES string of the molecule is CCOC(=O)c1ccn(-c2cccc(NC(=O)c3cccc(NC(=O)c4cccnc4)c3)c2)n1. The smallest absolute Gasteiger partial charge is 0.358 e. The van der Waals surface area contributed by atoms with E-state index in [1.54, 1.807) is 86.0 Å². The van der Waals surface area contributed by atoms with Gasteiger partial charge < -0.3 is 15.4 Å². The number of carbonyl (C=O) groups excluding carboxylic acids is 3. The monoisotopic (exact) mass is 455 g/mol. The fraction of sp³-hybridized carbons (Fsp3) is 0.0800. The second-order valence-corrected chi connectivity index (χ2v) is 7.15. The summed E-state index contributed by atoms with van der Waals surface area (Å²) in [5.41, 5.74) is 2.67. The van der Waals surface area contributed by atoms with Gasteiger partial charge in [0.1, 0.15) is 0 Å². The lowest BCUT2D eigenvalue weighted by Crippen LogP contribution is -2.15. The maximum atomic E-state index is 12.8. The number of ether oxygens (including phenoxy) is 1. The lowest BCUT2D eigenvalue weighted by atomic mass is 10.1. The van der Waals surface area contributed by atoms with Crippen molar-refractivity contribution in [2.45, 2.75) is 6.92 Å². The summed E-state index contributed by atoms with van der Waals surface area (Å²) >= 11 is 0. The number of hydrogen-bond donors (Lipinski definition) is 2. The molecule has 0 atom stereocenters. The third-order valence-electron chi connectivity index (χ3n) is 4.75. The van der Waals surface area contributed by atoms with E-state index in [9.17, 15) is 14.4 Å². The molecule has 0 radical (unpaired) electrons. The Hall–Kier alpha value is -4.79. The van der Waals surface area contributed by atoms with Gasteiger partial charge in [-0.1, -0.05) is 12.1 Å². The van der Waals surface area contributed by atoms with Gasteiger partial charge in [0.2, 0.25) is 0 Å². The molecule has 9 nitrogen and oxygen atoms in total. The van der Waals surface area contributed by atoms with Crippen molar-refractivity contribution in [3.05, 3.63) is 102 Å². The van der Waals surface area contributed by atoms with E-state index in [-0.39, 0.29) is 24.1 Å². The highest BCUT2D eigenvalue weighted by molar-refractivity contribution is 6.07. The number of esters is 1. The first kappa shape index (κ1) is 22.4. The van der Waals surface area contributed by atoms with Crippen molar-refractivity contribution in [3.8, 4) is 5.69 Å². The number of nitrogens with zero attached hydrogens (tertiary/aromatic N) is 3. The van der Waals surface area contributed by atoms with Gasteiger partial charge in [-0.15, -0.1) is 0 Å². The molecule has 0 bridgehead atoms. The highest BCUT2D eigenvalue weighted by atomic mass is 16.5. The highest BCUT2D eigenvalue weighted by Gasteiger charge is 2.13. The first-order chi connectivity index (χ1) is 16.5. The fourth-order valence-electron chi connectivity index (χ4n) is 3.15. The standard InChI is InChI=1S/C25H21N5O4/c1-2-34-25(33)22-11-13-30(29-22)21-10-4-9-20(15-21)28-23(31)17-6-3-8-19(14-17)27-24(32)18-7-5-12-26-16-18/h3-16H,2H2,1H3,(H,27,32)(H,28,31). The summed E-state index contributed by atoms with van der Waals surface area (Å²) in [6, 6.07) is 18.6. The molecule has 2 N–H and O–H groups in total. The predicted octanol–water partition coefficient (Wildman–Crippen LogP) is 3.95. The summed E-state index contributed by atoms with van der Waals surface area (Å²) in [6.07, 6.45) is 4.69. The van der Waals surface area contributed by atoms with Crippen LogP contribution in [-0.2, 0) is 4.74 Å². The van der Waals surface area contributed by atoms with Crippen LogP contribution >= 0.6 is 0 Å². The van der Waals surface area contributed by atoms with Gasteiger partial charge >= 0.3 is 5.97 Å². The first-order valence-corrected chi connectivity index (χ1v) is 10.5. The van der Waals surface area contributed by atoms with Crippen LogP contribution in [-0.4, -0.2) is 39.2 Å². The van der Waals surface area contributed by atoms with Gasteiger partial charge in [0.25, 0.3) is 11.8 Å². The summed E-state index contributed by atoms with van der Waals surface area (Å²) in [5, 5.41) is 9.82. The minimum atomic E-state index is -0.499. The Bertz CT molecular complexity index is 1330. The molecule has 0 saturated carbocycles. The van der Waals surface area contributed by atoms with E-state index in [2.05, 4.69) is 20.7 Å². The molecule has 4 rings (SSSR count). The Labute approximate surface area is 195 Å². The average Bonchev–Trinajstić information content (AvgIpc) is 3.36. The maximum absolute atomic E-state index is 12.8. The zero-order chi connectivity index (χ0) is 23.9. The largest absolute Gasteiger partial charge is 0.461 e. The van der Waals surface area contributed by atoms with Crippen molar-refractivity contribution >= 4 is 29.2 Å². The molecule has 0 aliphatic rings. The molecule has 34 heavy (non-hydrogen) atoms. The van der Waals surface area contributed by atoms with Crippen LogP contribution in [0, 0.1) is 0 Å². The predicted molar refractivity (Wildman–Crippen MR) is 126 cm³/mol. The molecule has 0 aliphatic heterocycles. The van der Waals surface area contributed by atoms with E-state index in [0.717, 1.165) is 0 Å². The van der Waals surface area contributed by atoms with Crippen LogP contribution in [0.1, 0.15) is 38.1 Å². The number of pyridine rings is 1. The topological polar surface area (TPSA) is 115 Å². The van der Waals surface area contributed by atoms with Crippen LogP contribution in [0.5, 0.6) is 0 Å². The fourth-order valence-corrected chi connectivity index (χ4v) is 3.15. The van der Waals surface area contributed by atoms with E-state index >= 15 is 0 Å². The number of anilines is 2. The number of rotatable bonds is 7. The van der Waals surface area contributed by atoms with E-state index in [1.165, 1.54) is 10.9 Å². The van der Waals surface area contributed by atoms with Gasteiger partial charge in [0.15, 0.2) is 5.69 Å². The van der Waals surface area contributed by atoms with Crippen molar-refractivity contribution in [2.24, 2.45) is 0 Å². The third kappa shape index (κ3) is 5.33. The van der Waals surface area contributed by atoms with Gasteiger partial charge in [-0.05, 0) is 61.5 Å². The molecule has 0 spiro atoms. The van der Waals surface area contributed by atoms with Gasteiger partial charge in [-0.2, -0.15) is 5.10 Å². The number of benzene rings is 2. The molecule has 9 heteroatoms. The van der Waals surface area contributed by atoms with Crippen molar-refractivity contribution in [3.63, 3.8) is 0 Å². The van der Waals surface area contributed by atoms with Crippen LogP contribution in [0.2, 0.25) is 0 Å². The molecular formula is C25H21N5O4. The van der Waals surface area contributed by atoms with Gasteiger partial charge in [0, 0.05) is 35.5 Å². The molecule has 0 saturated heterocycles. The van der Waals surface area contributed by atoms with Crippen LogP contribution in [0.15, 0.2) is 85.3 Å². The van der Waals surface area contributed by atoms with Gasteiger partial charge in [-0.3, -0.25) is 14.6 Å². The van der Waals surface area contributed by atoms with Crippen molar-refractivity contribution in [1.29, 1.82) is 0 Å². The van der Waals surface area contributed by atoms with E-state index in [1.807, 2.05) is 0 Å². The van der Waals surface area contributed by atoms with E-state index in [0.29, 0.717) is 28.2 Å². The van der Waals surface area contributed by atoms with Crippen LogP contribution in [0.4, 0.5) is 11.4 Å². The molecule has 2 heterocycles. The van der Waals surface area contributed by atoms with E-state index < -0.39 is 5.97 Å². The number of nitrogens with one attached hydrogen (secondary N) is 2. The molecular weight excluding hydrogens is 434 g/mol. The minimum absolute atomic E-state index is 0.196. The molecule has 4 aromatic rings. The Morgan fingerprint density at radius 2 is 1.59 bits per heavy atom. The van der Waals surface area contributed by atoms with Crippen LogP contribution < -0.4 is 10.6 Å². The normalized spacial score (nSPS) is 10.4. The Morgan fingerprint density at radius 3 is 2.32 bits per heavy atom. The van der Waals surface area contributed by atoms with Crippen molar-refractivity contribution in [2.75, 3.05) is 17.2 Å². The molecule has 2 aromatic heterocycles. The third-order valence-corrected chi connectivity index (χ3v) is 4.75.